The fraction of sp³-hybridized carbons (Fsp3) is 0.455. The first-order valence-electron chi connectivity index (χ1n) is 10.4. The summed E-state index contributed by atoms with van der Waals surface area (Å²) < 4.78 is 31.3. The monoisotopic (exact) mass is 465 g/mol. The summed E-state index contributed by atoms with van der Waals surface area (Å²) in [4.78, 5) is 1.26. The molecule has 166 valence electrons. The molecular formula is C22H25F2N3O2S2. The molecule has 5 nitrogen and oxygen atoms in total. The summed E-state index contributed by atoms with van der Waals surface area (Å²) in [5, 5.41) is 22.4. The largest absolute Gasteiger partial charge is 0.435 e. The number of hydrogen-bond acceptors (Lipinski definition) is 6. The van der Waals surface area contributed by atoms with Gasteiger partial charge in [-0.2, -0.15) is 8.78 Å². The lowest BCUT2D eigenvalue weighted by molar-refractivity contribution is -0.0498. The topological polar surface area (TPSA) is 60.2 Å². The minimum absolute atomic E-state index is 0.0777. The molecule has 0 saturated heterocycles. The van der Waals surface area contributed by atoms with E-state index in [1.807, 2.05) is 6.07 Å². The maximum absolute atomic E-state index is 12.3. The second kappa shape index (κ2) is 10.6. The summed E-state index contributed by atoms with van der Waals surface area (Å²) in [5.74, 6) is 1.45. The summed E-state index contributed by atoms with van der Waals surface area (Å²) in [6, 6.07) is 10.7. The Labute approximate surface area is 188 Å². The molecule has 0 spiro atoms. The second-order valence-electron chi connectivity index (χ2n) is 7.59. The Kier molecular flexibility index (Phi) is 7.58. The van der Waals surface area contributed by atoms with Gasteiger partial charge < -0.3 is 14.4 Å². The zero-order valence-corrected chi connectivity index (χ0v) is 18.6. The van der Waals surface area contributed by atoms with E-state index in [0.29, 0.717) is 17.4 Å². The molecule has 1 unspecified atom stereocenters. The summed E-state index contributed by atoms with van der Waals surface area (Å²) in [6.45, 7) is -2.86. The van der Waals surface area contributed by atoms with Gasteiger partial charge in [-0.3, -0.25) is 0 Å². The van der Waals surface area contributed by atoms with Crippen LogP contribution in [0, 0.1) is 0 Å². The van der Waals surface area contributed by atoms with Crippen LogP contribution in [0.4, 0.5) is 8.78 Å². The van der Waals surface area contributed by atoms with Crippen LogP contribution >= 0.6 is 23.1 Å². The average molecular weight is 466 g/mol. The van der Waals surface area contributed by atoms with Crippen molar-refractivity contribution in [2.75, 3.05) is 5.75 Å². The number of aliphatic hydroxyl groups excluding tert-OH is 1. The summed E-state index contributed by atoms with van der Waals surface area (Å²) in [7, 11) is 0. The van der Waals surface area contributed by atoms with Crippen LogP contribution in [0.3, 0.4) is 0 Å². The first-order valence-corrected chi connectivity index (χ1v) is 12.3. The zero-order valence-electron chi connectivity index (χ0n) is 17.0. The third kappa shape index (κ3) is 5.84. The van der Waals surface area contributed by atoms with Crippen LogP contribution in [-0.4, -0.2) is 32.2 Å². The quantitative estimate of drug-likeness (QED) is 0.401. The lowest BCUT2D eigenvalue weighted by Gasteiger charge is -2.25. The Morgan fingerprint density at radius 2 is 1.90 bits per heavy atom. The molecule has 0 amide bonds. The summed E-state index contributed by atoms with van der Waals surface area (Å²) >= 11 is 3.20. The predicted molar refractivity (Wildman–Crippen MR) is 118 cm³/mol. The van der Waals surface area contributed by atoms with Crippen molar-refractivity contribution in [3.63, 3.8) is 0 Å². The van der Waals surface area contributed by atoms with Gasteiger partial charge in [-0.05, 0) is 42.0 Å². The number of nitrogens with zero attached hydrogens (tertiary/aromatic N) is 3. The SMILES string of the molecule is OC(CSc1nnc(Cc2cccs2)n1C1CCCCC1)c1ccc(OC(F)F)cc1. The summed E-state index contributed by atoms with van der Waals surface area (Å²) in [6.07, 6.45) is 5.94. The first kappa shape index (κ1) is 22.2. The molecule has 1 aromatic carbocycles. The van der Waals surface area contributed by atoms with Crippen molar-refractivity contribution < 1.29 is 18.6 Å². The molecule has 4 rings (SSSR count). The Morgan fingerprint density at radius 1 is 1.13 bits per heavy atom. The van der Waals surface area contributed by atoms with E-state index >= 15 is 0 Å². The van der Waals surface area contributed by atoms with E-state index in [2.05, 4.69) is 30.9 Å². The number of halogens is 2. The highest BCUT2D eigenvalue weighted by Gasteiger charge is 2.24. The lowest BCUT2D eigenvalue weighted by Crippen LogP contribution is -2.17. The number of thioether (sulfide) groups is 1. The number of ether oxygens (including phenoxy) is 1. The number of aromatic nitrogens is 3. The maximum Gasteiger partial charge on any atom is 0.387 e. The lowest BCUT2D eigenvalue weighted by atomic mass is 9.95. The Hall–Kier alpha value is -1.97. The molecular weight excluding hydrogens is 440 g/mol. The molecule has 1 N–H and O–H groups in total. The van der Waals surface area contributed by atoms with Gasteiger partial charge in [0.25, 0.3) is 0 Å². The number of benzene rings is 1. The van der Waals surface area contributed by atoms with Crippen LogP contribution in [0.25, 0.3) is 0 Å². The minimum atomic E-state index is -2.86. The fourth-order valence-electron chi connectivity index (χ4n) is 3.92. The van der Waals surface area contributed by atoms with E-state index in [9.17, 15) is 13.9 Å². The molecule has 0 aliphatic heterocycles. The fourth-order valence-corrected chi connectivity index (χ4v) is 5.62. The highest BCUT2D eigenvalue weighted by atomic mass is 32.2. The van der Waals surface area contributed by atoms with Crippen molar-refractivity contribution in [2.45, 2.75) is 62.4 Å². The van der Waals surface area contributed by atoms with Crippen molar-refractivity contribution >= 4 is 23.1 Å². The third-order valence-electron chi connectivity index (χ3n) is 5.45. The van der Waals surface area contributed by atoms with Gasteiger partial charge in [-0.15, -0.1) is 21.5 Å². The number of aliphatic hydroxyl groups is 1. The van der Waals surface area contributed by atoms with Crippen LogP contribution in [0.2, 0.25) is 0 Å². The molecule has 0 radical (unpaired) electrons. The van der Waals surface area contributed by atoms with Gasteiger partial charge in [-0.1, -0.05) is 49.2 Å². The number of rotatable bonds is 9. The number of hydrogen-bond donors (Lipinski definition) is 1. The van der Waals surface area contributed by atoms with E-state index < -0.39 is 12.7 Å². The van der Waals surface area contributed by atoms with Crippen molar-refractivity contribution in [3.8, 4) is 5.75 Å². The maximum atomic E-state index is 12.3. The molecule has 9 heteroatoms. The minimum Gasteiger partial charge on any atom is -0.435 e. The molecule has 1 aliphatic rings. The standard InChI is InChI=1S/C22H25F2N3O2S2/c23-21(24)29-17-10-8-15(9-11-17)19(28)14-31-22-26-25-20(13-18-7-4-12-30-18)27(22)16-5-2-1-3-6-16/h4,7-12,16,19,21,28H,1-3,5-6,13-14H2. The van der Waals surface area contributed by atoms with Gasteiger partial charge in [0.15, 0.2) is 5.16 Å². The Balaban J connectivity index is 1.46. The van der Waals surface area contributed by atoms with Crippen molar-refractivity contribution in [2.24, 2.45) is 0 Å². The second-order valence-corrected chi connectivity index (χ2v) is 9.61. The normalized spacial score (nSPS) is 16.0. The zero-order chi connectivity index (χ0) is 21.6. The van der Waals surface area contributed by atoms with Gasteiger partial charge in [0.2, 0.25) is 0 Å². The van der Waals surface area contributed by atoms with Gasteiger partial charge >= 0.3 is 6.61 Å². The van der Waals surface area contributed by atoms with Gasteiger partial charge in [0, 0.05) is 23.1 Å². The van der Waals surface area contributed by atoms with Gasteiger partial charge in [0.05, 0.1) is 6.10 Å². The Bertz CT molecular complexity index is 942. The average Bonchev–Trinajstić information content (AvgIpc) is 3.43. The van der Waals surface area contributed by atoms with Crippen LogP contribution in [0.1, 0.15) is 60.5 Å². The number of alkyl halides is 2. The Morgan fingerprint density at radius 3 is 2.58 bits per heavy atom. The van der Waals surface area contributed by atoms with E-state index in [0.717, 1.165) is 30.2 Å². The van der Waals surface area contributed by atoms with Crippen LogP contribution < -0.4 is 4.74 Å². The molecule has 31 heavy (non-hydrogen) atoms. The van der Waals surface area contributed by atoms with Crippen LogP contribution in [0.15, 0.2) is 46.9 Å². The molecule has 1 atom stereocenters. The van der Waals surface area contributed by atoms with Crippen molar-refractivity contribution in [1.29, 1.82) is 0 Å². The molecule has 1 aliphatic carbocycles. The van der Waals surface area contributed by atoms with E-state index in [-0.39, 0.29) is 5.75 Å². The van der Waals surface area contributed by atoms with Crippen molar-refractivity contribution in [3.05, 3.63) is 58.0 Å². The first-order chi connectivity index (χ1) is 15.1. The molecule has 3 aromatic rings. The highest BCUT2D eigenvalue weighted by molar-refractivity contribution is 7.99. The molecule has 2 heterocycles. The van der Waals surface area contributed by atoms with Gasteiger partial charge in [0.1, 0.15) is 11.6 Å². The summed E-state index contributed by atoms with van der Waals surface area (Å²) in [5.41, 5.74) is 0.650. The van der Waals surface area contributed by atoms with E-state index in [4.69, 9.17) is 0 Å². The molecule has 1 saturated carbocycles. The van der Waals surface area contributed by atoms with Crippen molar-refractivity contribution in [1.82, 2.24) is 14.8 Å². The smallest absolute Gasteiger partial charge is 0.387 e. The predicted octanol–water partition coefficient (Wildman–Crippen LogP) is 5.86. The molecule has 2 aromatic heterocycles. The van der Waals surface area contributed by atoms with Crippen LogP contribution in [-0.2, 0) is 6.42 Å². The number of thiophene rings is 1. The van der Waals surface area contributed by atoms with E-state index in [1.54, 1.807) is 23.5 Å². The van der Waals surface area contributed by atoms with E-state index in [1.165, 1.54) is 48.0 Å². The van der Waals surface area contributed by atoms with Gasteiger partial charge in [-0.25, -0.2) is 0 Å². The van der Waals surface area contributed by atoms with Crippen LogP contribution in [0.5, 0.6) is 5.75 Å². The molecule has 1 fully saturated rings. The highest BCUT2D eigenvalue weighted by Crippen LogP contribution is 2.34. The third-order valence-corrected chi connectivity index (χ3v) is 7.34. The molecule has 0 bridgehead atoms.